The third-order valence-corrected chi connectivity index (χ3v) is 5.70. The minimum Gasteiger partial charge on any atom is -0.300 e. The average molecular weight is 261 g/mol. The maximum Gasteiger partial charge on any atom is 0.109 e. The van der Waals surface area contributed by atoms with Crippen LogP contribution in [0, 0.1) is 11.3 Å². The minimum absolute atomic E-state index is 0.229. The molecule has 2 saturated heterocycles. The van der Waals surface area contributed by atoms with E-state index < -0.39 is 0 Å². The van der Waals surface area contributed by atoms with Gasteiger partial charge in [-0.25, -0.2) is 0 Å². The number of hydrogen-bond donors (Lipinski definition) is 1. The molecule has 3 heteroatoms. The molecule has 19 heavy (non-hydrogen) atoms. The van der Waals surface area contributed by atoms with Gasteiger partial charge >= 0.3 is 0 Å². The molecule has 2 unspecified atom stereocenters. The fraction of sp³-hybridized carbons (Fsp3) is 0.938. The molecule has 2 heterocycles. The summed E-state index contributed by atoms with van der Waals surface area (Å²) in [5.41, 5.74) is -0.229. The molecule has 0 aromatic heterocycles. The predicted octanol–water partition coefficient (Wildman–Crippen LogP) is 2.82. The van der Waals surface area contributed by atoms with Crippen LogP contribution < -0.4 is 5.32 Å². The number of rotatable bonds is 2. The van der Waals surface area contributed by atoms with Gasteiger partial charge in [-0.3, -0.25) is 5.32 Å². The maximum atomic E-state index is 9.76. The van der Waals surface area contributed by atoms with Gasteiger partial charge in [-0.15, -0.1) is 0 Å². The number of nitrogens with one attached hydrogen (secondary N) is 1. The lowest BCUT2D eigenvalue weighted by Crippen LogP contribution is -2.58. The van der Waals surface area contributed by atoms with Gasteiger partial charge in [0.1, 0.15) is 5.54 Å². The number of nitriles is 1. The highest BCUT2D eigenvalue weighted by molar-refractivity contribution is 5.16. The Morgan fingerprint density at radius 1 is 1.00 bits per heavy atom. The van der Waals surface area contributed by atoms with Crippen LogP contribution in [0.4, 0.5) is 0 Å². The molecule has 0 radical (unpaired) electrons. The molecule has 3 aliphatic rings. The molecular weight excluding hydrogens is 234 g/mol. The summed E-state index contributed by atoms with van der Waals surface area (Å²) in [5, 5.41) is 13.6. The van der Waals surface area contributed by atoms with Crippen LogP contribution in [0.2, 0.25) is 0 Å². The van der Waals surface area contributed by atoms with Gasteiger partial charge in [0.05, 0.1) is 6.07 Å². The smallest absolute Gasteiger partial charge is 0.109 e. The van der Waals surface area contributed by atoms with Crippen molar-refractivity contribution in [3.8, 4) is 6.07 Å². The standard InChI is InChI=1S/C16H27N3/c1-19-14-8-9-15(19)11-16(10-14,12-17)18-13-6-4-2-3-5-7-13/h13-15,18H,2-11H2,1H3. The molecule has 3 rings (SSSR count). The van der Waals surface area contributed by atoms with Gasteiger partial charge < -0.3 is 4.90 Å². The van der Waals surface area contributed by atoms with Crippen molar-refractivity contribution in [2.75, 3.05) is 7.05 Å². The highest BCUT2D eigenvalue weighted by Crippen LogP contribution is 2.40. The van der Waals surface area contributed by atoms with Crippen molar-refractivity contribution in [2.24, 2.45) is 0 Å². The van der Waals surface area contributed by atoms with Gasteiger partial charge in [-0.2, -0.15) is 5.26 Å². The van der Waals surface area contributed by atoms with E-state index >= 15 is 0 Å². The zero-order chi connectivity index (χ0) is 13.3. The van der Waals surface area contributed by atoms with Crippen LogP contribution in [0.1, 0.15) is 64.2 Å². The number of fused-ring (bicyclic) bond motifs is 2. The Morgan fingerprint density at radius 3 is 2.11 bits per heavy atom. The second-order valence-electron chi connectivity index (χ2n) is 6.99. The Morgan fingerprint density at radius 2 is 1.58 bits per heavy atom. The van der Waals surface area contributed by atoms with Crippen molar-refractivity contribution in [1.82, 2.24) is 10.2 Å². The van der Waals surface area contributed by atoms with E-state index in [0.717, 1.165) is 12.8 Å². The van der Waals surface area contributed by atoms with Crippen molar-refractivity contribution in [3.63, 3.8) is 0 Å². The first-order valence-electron chi connectivity index (χ1n) is 8.13. The maximum absolute atomic E-state index is 9.76. The predicted molar refractivity (Wildman–Crippen MR) is 76.8 cm³/mol. The van der Waals surface area contributed by atoms with E-state index in [1.54, 1.807) is 0 Å². The molecule has 3 fully saturated rings. The summed E-state index contributed by atoms with van der Waals surface area (Å²) in [7, 11) is 2.25. The van der Waals surface area contributed by atoms with Crippen LogP contribution in [0.25, 0.3) is 0 Å². The topological polar surface area (TPSA) is 39.1 Å². The molecule has 0 aromatic rings. The monoisotopic (exact) mass is 261 g/mol. The molecule has 3 nitrogen and oxygen atoms in total. The molecule has 2 aliphatic heterocycles. The van der Waals surface area contributed by atoms with Crippen molar-refractivity contribution in [3.05, 3.63) is 0 Å². The molecule has 1 aliphatic carbocycles. The first-order valence-corrected chi connectivity index (χ1v) is 8.13. The van der Waals surface area contributed by atoms with E-state index in [1.807, 2.05) is 0 Å². The summed E-state index contributed by atoms with van der Waals surface area (Å²) in [5.74, 6) is 0. The van der Waals surface area contributed by atoms with Gasteiger partial charge in [-0.05, 0) is 45.6 Å². The molecule has 0 aromatic carbocycles. The van der Waals surface area contributed by atoms with Gasteiger partial charge in [0.2, 0.25) is 0 Å². The number of piperidine rings is 1. The Hall–Kier alpha value is -0.590. The second-order valence-corrected chi connectivity index (χ2v) is 6.99. The Labute approximate surface area is 117 Å². The van der Waals surface area contributed by atoms with Gasteiger partial charge in [0.25, 0.3) is 0 Å². The van der Waals surface area contributed by atoms with Gasteiger partial charge in [0, 0.05) is 18.1 Å². The van der Waals surface area contributed by atoms with Crippen LogP contribution in [0.3, 0.4) is 0 Å². The van der Waals surface area contributed by atoms with Crippen LogP contribution in [0.15, 0.2) is 0 Å². The first-order chi connectivity index (χ1) is 9.22. The van der Waals surface area contributed by atoms with E-state index in [4.69, 9.17) is 0 Å². The zero-order valence-corrected chi connectivity index (χ0v) is 12.2. The summed E-state index contributed by atoms with van der Waals surface area (Å²) in [6.07, 6.45) is 12.6. The molecule has 2 atom stereocenters. The highest BCUT2D eigenvalue weighted by atomic mass is 15.2. The van der Waals surface area contributed by atoms with E-state index in [2.05, 4.69) is 23.3 Å². The first kappa shape index (κ1) is 13.4. The molecule has 106 valence electrons. The van der Waals surface area contributed by atoms with Gasteiger partial charge in [-0.1, -0.05) is 25.7 Å². The quantitative estimate of drug-likeness (QED) is 0.777. The van der Waals surface area contributed by atoms with Crippen molar-refractivity contribution in [2.45, 2.75) is 87.9 Å². The van der Waals surface area contributed by atoms with Crippen LogP contribution >= 0.6 is 0 Å². The van der Waals surface area contributed by atoms with Crippen LogP contribution in [-0.4, -0.2) is 35.6 Å². The van der Waals surface area contributed by atoms with E-state index in [0.29, 0.717) is 18.1 Å². The van der Waals surface area contributed by atoms with Crippen molar-refractivity contribution in [1.29, 1.82) is 5.26 Å². The Bertz CT molecular complexity index is 337. The Balaban J connectivity index is 1.68. The minimum atomic E-state index is -0.229. The zero-order valence-electron chi connectivity index (χ0n) is 12.2. The average Bonchev–Trinajstić information content (AvgIpc) is 2.68. The lowest BCUT2D eigenvalue weighted by molar-refractivity contribution is 0.110. The summed E-state index contributed by atoms with van der Waals surface area (Å²) in [6, 6.07) is 4.53. The molecule has 0 amide bonds. The molecule has 0 spiro atoms. The molecule has 2 bridgehead atoms. The largest absolute Gasteiger partial charge is 0.300 e. The number of hydrogen-bond acceptors (Lipinski definition) is 3. The SMILES string of the molecule is CN1C2CCC1CC(C#N)(NC1CCCCCC1)C2. The van der Waals surface area contributed by atoms with E-state index in [1.165, 1.54) is 51.4 Å². The summed E-state index contributed by atoms with van der Waals surface area (Å²) in [6.45, 7) is 0. The van der Waals surface area contributed by atoms with Crippen molar-refractivity contribution >= 4 is 0 Å². The van der Waals surface area contributed by atoms with Crippen molar-refractivity contribution < 1.29 is 0 Å². The Kier molecular flexibility index (Phi) is 3.82. The lowest BCUT2D eigenvalue weighted by atomic mass is 9.83. The van der Waals surface area contributed by atoms with E-state index in [9.17, 15) is 5.26 Å². The fourth-order valence-electron chi connectivity index (χ4n) is 4.53. The van der Waals surface area contributed by atoms with Crippen LogP contribution in [-0.2, 0) is 0 Å². The lowest BCUT2D eigenvalue weighted by Gasteiger charge is -2.43. The van der Waals surface area contributed by atoms with Crippen LogP contribution in [0.5, 0.6) is 0 Å². The van der Waals surface area contributed by atoms with Gasteiger partial charge in [0.15, 0.2) is 0 Å². The third kappa shape index (κ3) is 2.66. The molecule has 1 saturated carbocycles. The normalized spacial score (nSPS) is 40.8. The third-order valence-electron chi connectivity index (χ3n) is 5.70. The summed E-state index contributed by atoms with van der Waals surface area (Å²) in [4.78, 5) is 2.52. The summed E-state index contributed by atoms with van der Waals surface area (Å²) >= 11 is 0. The summed E-state index contributed by atoms with van der Waals surface area (Å²) < 4.78 is 0. The second kappa shape index (κ2) is 5.42. The number of nitrogens with zero attached hydrogens (tertiary/aromatic N) is 2. The fourth-order valence-corrected chi connectivity index (χ4v) is 4.53. The molecule has 1 N–H and O–H groups in total. The van der Waals surface area contributed by atoms with E-state index in [-0.39, 0.29) is 5.54 Å². The highest BCUT2D eigenvalue weighted by Gasteiger charge is 2.47. The molecular formula is C16H27N3.